The highest BCUT2D eigenvalue weighted by Gasteiger charge is 2.31. The van der Waals surface area contributed by atoms with Crippen LogP contribution in [-0.2, 0) is 0 Å². The van der Waals surface area contributed by atoms with E-state index in [1.165, 1.54) is 12.0 Å². The lowest BCUT2D eigenvalue weighted by Gasteiger charge is -2.40. The molecule has 0 bridgehead atoms. The Balaban J connectivity index is 1.94. The van der Waals surface area contributed by atoms with Crippen LogP contribution in [0.4, 0.5) is 0 Å². The summed E-state index contributed by atoms with van der Waals surface area (Å²) in [6.07, 6.45) is 6.47. The maximum absolute atomic E-state index is 8.99. The number of hydrogen-bond acceptors (Lipinski definition) is 3. The Hall–Kier alpha value is -1.18. The first kappa shape index (κ1) is 10.9. The van der Waals surface area contributed by atoms with E-state index >= 15 is 0 Å². The van der Waals surface area contributed by atoms with Crippen LogP contribution in [0.15, 0.2) is 22.9 Å². The highest BCUT2D eigenvalue weighted by molar-refractivity contribution is 9.10. The fraction of sp³-hybridized carbons (Fsp3) is 0.385. The van der Waals surface area contributed by atoms with E-state index in [1.54, 1.807) is 0 Å². The molecule has 2 aliphatic rings. The van der Waals surface area contributed by atoms with Crippen molar-refractivity contribution >= 4 is 21.5 Å². The number of nitriles is 1. The van der Waals surface area contributed by atoms with Crippen molar-refractivity contribution in [1.29, 1.82) is 5.26 Å². The van der Waals surface area contributed by atoms with E-state index in [0.717, 1.165) is 24.4 Å². The van der Waals surface area contributed by atoms with Gasteiger partial charge < -0.3 is 5.32 Å². The second-order valence-corrected chi connectivity index (χ2v) is 5.35. The quantitative estimate of drug-likeness (QED) is 0.808. The van der Waals surface area contributed by atoms with Crippen LogP contribution in [0.3, 0.4) is 0 Å². The van der Waals surface area contributed by atoms with E-state index in [1.807, 2.05) is 12.3 Å². The number of aromatic nitrogens is 1. The maximum atomic E-state index is 8.99. The summed E-state index contributed by atoms with van der Waals surface area (Å²) in [5.41, 5.74) is 3.00. The maximum Gasteiger partial charge on any atom is 0.123 e. The van der Waals surface area contributed by atoms with Gasteiger partial charge in [0.25, 0.3) is 0 Å². The van der Waals surface area contributed by atoms with Gasteiger partial charge in [0.05, 0.1) is 5.56 Å². The number of nitrogens with one attached hydrogen (secondary N) is 1. The molecule has 1 aromatic heterocycles. The van der Waals surface area contributed by atoms with Crippen LogP contribution in [0.5, 0.6) is 0 Å². The highest BCUT2D eigenvalue weighted by Crippen LogP contribution is 2.34. The molecule has 3 rings (SSSR count). The van der Waals surface area contributed by atoms with Crippen LogP contribution in [0.1, 0.15) is 24.0 Å². The third kappa shape index (κ3) is 1.90. The van der Waals surface area contributed by atoms with Crippen molar-refractivity contribution < 1.29 is 0 Å². The first-order valence-corrected chi connectivity index (χ1v) is 6.57. The van der Waals surface area contributed by atoms with Crippen molar-refractivity contribution in [3.63, 3.8) is 0 Å². The molecule has 0 unspecified atom stereocenters. The van der Waals surface area contributed by atoms with E-state index < -0.39 is 0 Å². The summed E-state index contributed by atoms with van der Waals surface area (Å²) in [4.78, 5) is 4.22. The predicted octanol–water partition coefficient (Wildman–Crippen LogP) is 2.48. The zero-order chi connectivity index (χ0) is 11.8. The van der Waals surface area contributed by atoms with Gasteiger partial charge in [0.1, 0.15) is 10.7 Å². The van der Waals surface area contributed by atoms with E-state index in [9.17, 15) is 0 Å². The minimum atomic E-state index is 0.535. The molecule has 1 aliphatic heterocycles. The van der Waals surface area contributed by atoms with Crippen molar-refractivity contribution in [2.24, 2.45) is 5.92 Å². The number of pyridine rings is 1. The Morgan fingerprint density at radius 3 is 3.06 bits per heavy atom. The van der Waals surface area contributed by atoms with Gasteiger partial charge in [-0.05, 0) is 51.9 Å². The second kappa shape index (κ2) is 4.25. The molecule has 2 heterocycles. The molecule has 1 saturated heterocycles. The average Bonchev–Trinajstić information content (AvgIpc) is 2.32. The monoisotopic (exact) mass is 289 g/mol. The topological polar surface area (TPSA) is 48.7 Å². The second-order valence-electron chi connectivity index (χ2n) is 4.60. The summed E-state index contributed by atoms with van der Waals surface area (Å²) >= 11 is 3.28. The van der Waals surface area contributed by atoms with Crippen molar-refractivity contribution in [2.45, 2.75) is 18.9 Å². The van der Waals surface area contributed by atoms with Crippen LogP contribution in [0.25, 0.3) is 5.57 Å². The third-order valence-electron chi connectivity index (χ3n) is 3.62. The van der Waals surface area contributed by atoms with Crippen LogP contribution < -0.4 is 5.32 Å². The SMILES string of the molecule is N#Cc1cc(C2=C[C@H]3NC[C@H]3CC2)cnc1Br. The Morgan fingerprint density at radius 2 is 2.41 bits per heavy atom. The molecule has 86 valence electrons. The van der Waals surface area contributed by atoms with Crippen molar-refractivity contribution in [1.82, 2.24) is 10.3 Å². The van der Waals surface area contributed by atoms with E-state index in [2.05, 4.69) is 38.4 Å². The standard InChI is InChI=1S/C13H12BrN3/c14-13-10(5-15)3-11(7-17-13)8-1-2-9-6-16-12(9)4-8/h3-4,7,9,12,16H,1-2,6H2/t9-,12-/m1/s1. The largest absolute Gasteiger partial charge is 0.310 e. The lowest BCUT2D eigenvalue weighted by atomic mass is 9.79. The molecule has 1 aromatic rings. The third-order valence-corrected chi connectivity index (χ3v) is 4.25. The number of fused-ring (bicyclic) bond motifs is 1. The molecule has 0 radical (unpaired) electrons. The fourth-order valence-corrected chi connectivity index (χ4v) is 2.79. The Labute approximate surface area is 109 Å². The number of halogens is 1. The van der Waals surface area contributed by atoms with Gasteiger partial charge in [-0.3, -0.25) is 0 Å². The molecule has 0 amide bonds. The van der Waals surface area contributed by atoms with E-state index in [0.29, 0.717) is 16.2 Å². The summed E-state index contributed by atoms with van der Waals surface area (Å²) in [6.45, 7) is 1.15. The zero-order valence-corrected chi connectivity index (χ0v) is 10.9. The molecule has 17 heavy (non-hydrogen) atoms. The first-order chi connectivity index (χ1) is 8.28. The summed E-state index contributed by atoms with van der Waals surface area (Å²) < 4.78 is 0.625. The summed E-state index contributed by atoms with van der Waals surface area (Å²) in [7, 11) is 0. The normalized spacial score (nSPS) is 26.5. The van der Waals surface area contributed by atoms with Gasteiger partial charge in [0, 0.05) is 18.8 Å². The summed E-state index contributed by atoms with van der Waals surface area (Å²) in [5.74, 6) is 0.817. The number of hydrogen-bond donors (Lipinski definition) is 1. The number of rotatable bonds is 1. The lowest BCUT2D eigenvalue weighted by Crippen LogP contribution is -2.52. The zero-order valence-electron chi connectivity index (χ0n) is 9.28. The van der Waals surface area contributed by atoms with Gasteiger partial charge in [-0.1, -0.05) is 6.08 Å². The molecular formula is C13H12BrN3. The lowest BCUT2D eigenvalue weighted by molar-refractivity contribution is 0.256. The van der Waals surface area contributed by atoms with E-state index in [4.69, 9.17) is 5.26 Å². The molecule has 1 aliphatic carbocycles. The van der Waals surface area contributed by atoms with Crippen molar-refractivity contribution in [3.05, 3.63) is 34.1 Å². The van der Waals surface area contributed by atoms with Gasteiger partial charge in [-0.2, -0.15) is 5.26 Å². The summed E-state index contributed by atoms with van der Waals surface area (Å²) in [5, 5.41) is 12.4. The molecule has 1 fully saturated rings. The number of nitrogens with zero attached hydrogens (tertiary/aromatic N) is 2. The van der Waals surface area contributed by atoms with Crippen LogP contribution in [-0.4, -0.2) is 17.6 Å². The van der Waals surface area contributed by atoms with Gasteiger partial charge in [-0.25, -0.2) is 4.98 Å². The number of allylic oxidation sites excluding steroid dienone is 1. The first-order valence-electron chi connectivity index (χ1n) is 5.78. The summed E-state index contributed by atoms with van der Waals surface area (Å²) in [6, 6.07) is 4.61. The molecule has 0 spiro atoms. The minimum Gasteiger partial charge on any atom is -0.310 e. The Morgan fingerprint density at radius 1 is 1.53 bits per heavy atom. The molecule has 2 atom stereocenters. The van der Waals surface area contributed by atoms with Gasteiger partial charge >= 0.3 is 0 Å². The smallest absolute Gasteiger partial charge is 0.123 e. The molecule has 1 N–H and O–H groups in total. The van der Waals surface area contributed by atoms with Gasteiger partial charge in [-0.15, -0.1) is 0 Å². The predicted molar refractivity (Wildman–Crippen MR) is 69.1 cm³/mol. The molecule has 3 nitrogen and oxygen atoms in total. The van der Waals surface area contributed by atoms with Crippen molar-refractivity contribution in [2.75, 3.05) is 6.54 Å². The van der Waals surface area contributed by atoms with Crippen LogP contribution >= 0.6 is 15.9 Å². The average molecular weight is 290 g/mol. The van der Waals surface area contributed by atoms with Gasteiger partial charge in [0.15, 0.2) is 0 Å². The Bertz CT molecular complexity index is 530. The molecule has 4 heteroatoms. The molecule has 0 saturated carbocycles. The minimum absolute atomic E-state index is 0.535. The van der Waals surface area contributed by atoms with Crippen LogP contribution in [0.2, 0.25) is 0 Å². The molecule has 0 aromatic carbocycles. The Kier molecular flexibility index (Phi) is 2.73. The molecular weight excluding hydrogens is 278 g/mol. The van der Waals surface area contributed by atoms with Crippen molar-refractivity contribution in [3.8, 4) is 6.07 Å². The van der Waals surface area contributed by atoms with Gasteiger partial charge in [0.2, 0.25) is 0 Å². The van der Waals surface area contributed by atoms with E-state index in [-0.39, 0.29) is 0 Å². The highest BCUT2D eigenvalue weighted by atomic mass is 79.9. The van der Waals surface area contributed by atoms with Crippen LogP contribution in [0, 0.1) is 17.2 Å². The fourth-order valence-electron chi connectivity index (χ4n) is 2.48.